The van der Waals surface area contributed by atoms with Crippen LogP contribution in [0.4, 0.5) is 5.69 Å². The summed E-state index contributed by atoms with van der Waals surface area (Å²) in [7, 11) is 0. The van der Waals surface area contributed by atoms with Crippen LogP contribution < -0.4 is 16.0 Å². The number of nitrogens with one attached hydrogen (secondary N) is 1. The average Bonchev–Trinajstić information content (AvgIpc) is 2.37. The summed E-state index contributed by atoms with van der Waals surface area (Å²) in [4.78, 5) is 25.2. The third-order valence-electron chi connectivity index (χ3n) is 3.21. The lowest BCUT2D eigenvalue weighted by Gasteiger charge is -2.36. The Morgan fingerprint density at radius 3 is 2.84 bits per heavy atom. The minimum Gasteiger partial charge on any atom is -0.350 e. The summed E-state index contributed by atoms with van der Waals surface area (Å²) in [5, 5.41) is 2.94. The first kappa shape index (κ1) is 13.8. The molecule has 6 heteroatoms. The Labute approximate surface area is 116 Å². The molecular weight excluding hydrogens is 266 g/mol. The number of imide groups is 1. The van der Waals surface area contributed by atoms with Gasteiger partial charge in [-0.15, -0.1) is 0 Å². The molecular formula is C13H16ClN3O2. The number of hydrogen-bond acceptors (Lipinski definition) is 4. The van der Waals surface area contributed by atoms with Crippen molar-refractivity contribution in [1.82, 2.24) is 5.32 Å². The van der Waals surface area contributed by atoms with Crippen LogP contribution in [0.15, 0.2) is 18.2 Å². The summed E-state index contributed by atoms with van der Waals surface area (Å²) < 4.78 is 0. The number of carbonyl (C=O) groups excluding carboxylic acids is 2. The average molecular weight is 282 g/mol. The van der Waals surface area contributed by atoms with E-state index in [2.05, 4.69) is 5.32 Å². The first-order valence-corrected chi connectivity index (χ1v) is 6.53. The van der Waals surface area contributed by atoms with Crippen molar-refractivity contribution in [2.75, 3.05) is 11.4 Å². The van der Waals surface area contributed by atoms with Crippen molar-refractivity contribution >= 4 is 29.1 Å². The summed E-state index contributed by atoms with van der Waals surface area (Å²) >= 11 is 5.94. The van der Waals surface area contributed by atoms with Crippen LogP contribution in [0.5, 0.6) is 0 Å². The molecule has 1 fully saturated rings. The molecule has 19 heavy (non-hydrogen) atoms. The van der Waals surface area contributed by atoms with Crippen molar-refractivity contribution in [3.8, 4) is 0 Å². The molecule has 0 aromatic heterocycles. The topological polar surface area (TPSA) is 75.4 Å². The number of benzene rings is 1. The number of amides is 2. The van der Waals surface area contributed by atoms with Gasteiger partial charge in [0.2, 0.25) is 11.8 Å². The smallest absolute Gasteiger partial charge is 0.249 e. The zero-order valence-corrected chi connectivity index (χ0v) is 11.4. The Hall–Kier alpha value is -1.59. The Morgan fingerprint density at radius 1 is 1.47 bits per heavy atom. The van der Waals surface area contributed by atoms with Gasteiger partial charge in [-0.2, -0.15) is 0 Å². The van der Waals surface area contributed by atoms with Gasteiger partial charge in [-0.3, -0.25) is 14.9 Å². The molecule has 0 spiro atoms. The third-order valence-corrected chi connectivity index (χ3v) is 3.45. The molecule has 1 aromatic rings. The number of anilines is 1. The Morgan fingerprint density at radius 2 is 2.21 bits per heavy atom. The highest BCUT2D eigenvalue weighted by Crippen LogP contribution is 2.27. The number of nitrogens with zero attached hydrogens (tertiary/aromatic N) is 1. The lowest BCUT2D eigenvalue weighted by Crippen LogP contribution is -2.58. The fourth-order valence-electron chi connectivity index (χ4n) is 2.32. The van der Waals surface area contributed by atoms with Crippen molar-refractivity contribution in [2.24, 2.45) is 5.73 Å². The standard InChI is InChI=1S/C13H16ClN3O2/c1-2-10-13(19)16-12(18)7-17(10)11-4-3-9(14)5-8(11)6-15/h3-5,10H,2,6-7,15H2,1H3,(H,16,18,19). The van der Waals surface area contributed by atoms with E-state index in [1.807, 2.05) is 6.92 Å². The predicted molar refractivity (Wildman–Crippen MR) is 73.9 cm³/mol. The molecule has 0 aliphatic carbocycles. The molecule has 1 unspecified atom stereocenters. The number of halogens is 1. The molecule has 1 heterocycles. The molecule has 0 bridgehead atoms. The van der Waals surface area contributed by atoms with E-state index >= 15 is 0 Å². The number of hydrogen-bond donors (Lipinski definition) is 2. The van der Waals surface area contributed by atoms with Gasteiger partial charge in [-0.05, 0) is 30.2 Å². The summed E-state index contributed by atoms with van der Waals surface area (Å²) in [6.07, 6.45) is 0.617. The van der Waals surface area contributed by atoms with Gasteiger partial charge in [0.15, 0.2) is 0 Å². The van der Waals surface area contributed by atoms with Gasteiger partial charge < -0.3 is 10.6 Å². The SMILES string of the molecule is CCC1C(=O)NC(=O)CN1c1ccc(Cl)cc1CN. The number of piperazine rings is 1. The van der Waals surface area contributed by atoms with E-state index in [0.717, 1.165) is 11.3 Å². The summed E-state index contributed by atoms with van der Waals surface area (Å²) in [5.41, 5.74) is 7.33. The van der Waals surface area contributed by atoms with Crippen LogP contribution in [0.3, 0.4) is 0 Å². The summed E-state index contributed by atoms with van der Waals surface area (Å²) in [6, 6.07) is 4.95. The van der Waals surface area contributed by atoms with Crippen molar-refractivity contribution < 1.29 is 9.59 Å². The molecule has 5 nitrogen and oxygen atoms in total. The van der Waals surface area contributed by atoms with E-state index < -0.39 is 0 Å². The molecule has 1 aliphatic rings. The second kappa shape index (κ2) is 5.59. The van der Waals surface area contributed by atoms with Crippen LogP contribution in [-0.4, -0.2) is 24.4 Å². The molecule has 1 atom stereocenters. The van der Waals surface area contributed by atoms with Gasteiger partial charge in [0.25, 0.3) is 0 Å². The van der Waals surface area contributed by atoms with Crippen molar-refractivity contribution in [2.45, 2.75) is 25.9 Å². The van der Waals surface area contributed by atoms with Gasteiger partial charge >= 0.3 is 0 Å². The zero-order chi connectivity index (χ0) is 14.0. The Balaban J connectivity index is 2.42. The normalized spacial score (nSPS) is 19.5. The lowest BCUT2D eigenvalue weighted by atomic mass is 10.1. The summed E-state index contributed by atoms with van der Waals surface area (Å²) in [6.45, 7) is 2.36. The van der Waals surface area contributed by atoms with Gasteiger partial charge in [0, 0.05) is 17.3 Å². The molecule has 0 saturated carbocycles. The minimum absolute atomic E-state index is 0.152. The highest BCUT2D eigenvalue weighted by atomic mass is 35.5. The maximum atomic E-state index is 11.9. The van der Waals surface area contributed by atoms with Crippen LogP contribution in [0.25, 0.3) is 0 Å². The highest BCUT2D eigenvalue weighted by molar-refractivity contribution is 6.30. The Kier molecular flexibility index (Phi) is 4.07. The van der Waals surface area contributed by atoms with Crippen LogP contribution in [0.2, 0.25) is 5.02 Å². The zero-order valence-electron chi connectivity index (χ0n) is 10.6. The number of carbonyl (C=O) groups is 2. The number of nitrogens with two attached hydrogens (primary N) is 1. The van der Waals surface area contributed by atoms with E-state index in [0.29, 0.717) is 18.0 Å². The summed E-state index contributed by atoms with van der Waals surface area (Å²) in [5.74, 6) is -0.565. The van der Waals surface area contributed by atoms with E-state index in [9.17, 15) is 9.59 Å². The molecule has 0 radical (unpaired) electrons. The van der Waals surface area contributed by atoms with Gasteiger partial charge in [-0.1, -0.05) is 18.5 Å². The maximum absolute atomic E-state index is 11.9. The number of rotatable bonds is 3. The monoisotopic (exact) mass is 281 g/mol. The third kappa shape index (κ3) is 2.72. The van der Waals surface area contributed by atoms with Crippen molar-refractivity contribution in [3.63, 3.8) is 0 Å². The maximum Gasteiger partial charge on any atom is 0.249 e. The Bertz CT molecular complexity index is 519. The fourth-order valence-corrected chi connectivity index (χ4v) is 2.52. The van der Waals surface area contributed by atoms with Gasteiger partial charge in [0.05, 0.1) is 6.54 Å². The molecule has 1 saturated heterocycles. The second-order valence-electron chi connectivity index (χ2n) is 4.44. The fraction of sp³-hybridized carbons (Fsp3) is 0.385. The first-order chi connectivity index (χ1) is 9.06. The van der Waals surface area contributed by atoms with Crippen LogP contribution >= 0.6 is 11.6 Å². The first-order valence-electron chi connectivity index (χ1n) is 6.15. The van der Waals surface area contributed by atoms with Crippen LogP contribution in [0, 0.1) is 0 Å². The van der Waals surface area contributed by atoms with Gasteiger partial charge in [0.1, 0.15) is 6.04 Å². The molecule has 102 valence electrons. The van der Waals surface area contributed by atoms with E-state index in [1.165, 1.54) is 0 Å². The van der Waals surface area contributed by atoms with Crippen LogP contribution in [-0.2, 0) is 16.1 Å². The molecule has 2 amide bonds. The van der Waals surface area contributed by atoms with Gasteiger partial charge in [-0.25, -0.2) is 0 Å². The molecule has 1 aliphatic heterocycles. The lowest BCUT2D eigenvalue weighted by molar-refractivity contribution is -0.132. The molecule has 3 N–H and O–H groups in total. The quantitative estimate of drug-likeness (QED) is 0.812. The van der Waals surface area contributed by atoms with Crippen molar-refractivity contribution in [3.05, 3.63) is 28.8 Å². The largest absolute Gasteiger partial charge is 0.350 e. The predicted octanol–water partition coefficient (Wildman–Crippen LogP) is 1.04. The second-order valence-corrected chi connectivity index (χ2v) is 4.88. The molecule has 1 aromatic carbocycles. The van der Waals surface area contributed by atoms with E-state index in [-0.39, 0.29) is 24.4 Å². The van der Waals surface area contributed by atoms with Crippen molar-refractivity contribution in [1.29, 1.82) is 0 Å². The van der Waals surface area contributed by atoms with E-state index in [4.69, 9.17) is 17.3 Å². The van der Waals surface area contributed by atoms with Crippen LogP contribution in [0.1, 0.15) is 18.9 Å². The molecule has 2 rings (SSSR count). The highest BCUT2D eigenvalue weighted by Gasteiger charge is 2.33. The van der Waals surface area contributed by atoms with E-state index in [1.54, 1.807) is 23.1 Å². The minimum atomic E-state index is -0.357.